The van der Waals surface area contributed by atoms with Gasteiger partial charge in [-0.25, -0.2) is 8.42 Å². The molecule has 0 fully saturated rings. The lowest BCUT2D eigenvalue weighted by Gasteiger charge is -2.12. The van der Waals surface area contributed by atoms with E-state index >= 15 is 0 Å². The van der Waals surface area contributed by atoms with Crippen LogP contribution in [0.25, 0.3) is 0 Å². The fraction of sp³-hybridized carbons (Fsp3) is 0.100. The Balaban J connectivity index is 1.80. The summed E-state index contributed by atoms with van der Waals surface area (Å²) in [7, 11) is -3.60. The van der Waals surface area contributed by atoms with Crippen molar-refractivity contribution in [2.75, 3.05) is 11.6 Å². The van der Waals surface area contributed by atoms with Crippen molar-refractivity contribution in [3.63, 3.8) is 0 Å². The first kappa shape index (κ1) is 20.6. The minimum Gasteiger partial charge on any atom is -0.467 e. The molecule has 0 aliphatic carbocycles. The zero-order valence-corrected chi connectivity index (χ0v) is 16.9. The third-order valence-corrected chi connectivity index (χ3v) is 5.59. The van der Waals surface area contributed by atoms with Crippen LogP contribution in [0, 0.1) is 0 Å². The van der Waals surface area contributed by atoms with E-state index in [0.717, 1.165) is 6.26 Å². The van der Waals surface area contributed by atoms with Gasteiger partial charge in [0.1, 0.15) is 5.76 Å². The molecule has 29 heavy (non-hydrogen) atoms. The topological polar surface area (TPSA) is 105 Å². The predicted molar refractivity (Wildman–Crippen MR) is 109 cm³/mol. The number of hydrogen-bond acceptors (Lipinski definition) is 5. The maximum Gasteiger partial charge on any atom is 0.255 e. The second-order valence-corrected chi connectivity index (χ2v) is 8.57. The van der Waals surface area contributed by atoms with Gasteiger partial charge < -0.3 is 15.1 Å². The molecule has 0 bridgehead atoms. The van der Waals surface area contributed by atoms with E-state index in [1.165, 1.54) is 24.5 Å². The molecular weight excluding hydrogens is 416 g/mol. The van der Waals surface area contributed by atoms with Gasteiger partial charge in [-0.05, 0) is 42.5 Å². The molecule has 1 heterocycles. The number of sulfone groups is 1. The summed E-state index contributed by atoms with van der Waals surface area (Å²) in [6.07, 6.45) is 2.51. The van der Waals surface area contributed by atoms with Crippen molar-refractivity contribution in [3.05, 3.63) is 82.8 Å². The molecule has 2 amide bonds. The van der Waals surface area contributed by atoms with Gasteiger partial charge in [0.2, 0.25) is 0 Å². The second-order valence-electron chi connectivity index (χ2n) is 6.18. The van der Waals surface area contributed by atoms with Gasteiger partial charge in [-0.15, -0.1) is 0 Å². The summed E-state index contributed by atoms with van der Waals surface area (Å²) in [6.45, 7) is 0.197. The van der Waals surface area contributed by atoms with Gasteiger partial charge in [0.15, 0.2) is 9.84 Å². The quantitative estimate of drug-likeness (QED) is 0.620. The van der Waals surface area contributed by atoms with E-state index in [9.17, 15) is 18.0 Å². The molecule has 7 nitrogen and oxygen atoms in total. The molecule has 0 radical (unpaired) electrons. The first-order valence-electron chi connectivity index (χ1n) is 8.46. The molecule has 9 heteroatoms. The monoisotopic (exact) mass is 432 g/mol. The first-order valence-corrected chi connectivity index (χ1v) is 10.7. The predicted octanol–water partition coefficient (Wildman–Crippen LogP) is 3.52. The van der Waals surface area contributed by atoms with Gasteiger partial charge in [-0.1, -0.05) is 23.7 Å². The summed E-state index contributed by atoms with van der Waals surface area (Å²) in [6, 6.07) is 13.9. The van der Waals surface area contributed by atoms with Crippen LogP contribution in [0.3, 0.4) is 0 Å². The van der Waals surface area contributed by atoms with Crippen LogP contribution in [0.4, 0.5) is 5.69 Å². The number of amides is 2. The van der Waals surface area contributed by atoms with Crippen molar-refractivity contribution in [2.24, 2.45) is 0 Å². The number of benzene rings is 2. The Morgan fingerprint density at radius 2 is 1.79 bits per heavy atom. The van der Waals surface area contributed by atoms with E-state index in [4.69, 9.17) is 16.0 Å². The molecule has 1 aromatic heterocycles. The Labute approximate surface area is 172 Å². The summed E-state index contributed by atoms with van der Waals surface area (Å²) in [5.41, 5.74) is 0.635. The molecule has 3 aromatic rings. The Kier molecular flexibility index (Phi) is 6.05. The van der Waals surface area contributed by atoms with E-state index in [2.05, 4.69) is 10.6 Å². The van der Waals surface area contributed by atoms with Gasteiger partial charge in [0.05, 0.1) is 34.0 Å². The van der Waals surface area contributed by atoms with Crippen molar-refractivity contribution < 1.29 is 22.4 Å². The highest BCUT2D eigenvalue weighted by Gasteiger charge is 2.18. The number of carbonyl (C=O) groups is 2. The summed E-state index contributed by atoms with van der Waals surface area (Å²) in [5, 5.41) is 5.38. The average molecular weight is 433 g/mol. The summed E-state index contributed by atoms with van der Waals surface area (Å²) < 4.78 is 28.8. The smallest absolute Gasteiger partial charge is 0.255 e. The van der Waals surface area contributed by atoms with E-state index in [0.29, 0.717) is 5.76 Å². The summed E-state index contributed by atoms with van der Waals surface area (Å²) in [4.78, 5) is 25.0. The van der Waals surface area contributed by atoms with Gasteiger partial charge in [0, 0.05) is 11.8 Å². The third kappa shape index (κ3) is 5.04. The fourth-order valence-electron chi connectivity index (χ4n) is 2.59. The molecule has 0 spiro atoms. The van der Waals surface area contributed by atoms with Crippen molar-refractivity contribution in [1.29, 1.82) is 0 Å². The Morgan fingerprint density at radius 3 is 2.48 bits per heavy atom. The maximum atomic E-state index is 12.6. The highest BCUT2D eigenvalue weighted by molar-refractivity contribution is 7.90. The Morgan fingerprint density at radius 1 is 1.03 bits per heavy atom. The van der Waals surface area contributed by atoms with E-state index in [1.54, 1.807) is 36.4 Å². The van der Waals surface area contributed by atoms with Crippen molar-refractivity contribution in [3.8, 4) is 0 Å². The minimum absolute atomic E-state index is 0.0294. The number of carbonyl (C=O) groups excluding carboxylic acids is 2. The summed E-state index contributed by atoms with van der Waals surface area (Å²) >= 11 is 5.92. The van der Waals surface area contributed by atoms with Crippen LogP contribution in [-0.2, 0) is 16.4 Å². The zero-order chi connectivity index (χ0) is 21.0. The number of furan rings is 1. The SMILES string of the molecule is CS(=O)(=O)c1cc(C(=O)Nc2ccccc2C(=O)NCc2ccco2)ccc1Cl. The van der Waals surface area contributed by atoms with Crippen molar-refractivity contribution in [2.45, 2.75) is 11.4 Å². The number of halogens is 1. The second kappa shape index (κ2) is 8.50. The Hall–Kier alpha value is -3.10. The van der Waals surface area contributed by atoms with Gasteiger partial charge in [0.25, 0.3) is 11.8 Å². The van der Waals surface area contributed by atoms with Crippen LogP contribution in [-0.4, -0.2) is 26.5 Å². The van der Waals surface area contributed by atoms with Crippen LogP contribution in [0.2, 0.25) is 5.02 Å². The fourth-order valence-corrected chi connectivity index (χ4v) is 3.89. The molecule has 150 valence electrons. The molecule has 0 saturated carbocycles. The third-order valence-electron chi connectivity index (χ3n) is 4.02. The highest BCUT2D eigenvalue weighted by atomic mass is 35.5. The molecule has 2 aromatic carbocycles. The van der Waals surface area contributed by atoms with Gasteiger partial charge >= 0.3 is 0 Å². The molecule has 3 rings (SSSR count). The largest absolute Gasteiger partial charge is 0.467 e. The molecule has 0 unspecified atom stereocenters. The lowest BCUT2D eigenvalue weighted by atomic mass is 10.1. The summed E-state index contributed by atoms with van der Waals surface area (Å²) in [5.74, 6) is -0.377. The number of rotatable bonds is 6. The number of para-hydroxylation sites is 1. The normalized spacial score (nSPS) is 11.1. The average Bonchev–Trinajstić information content (AvgIpc) is 3.19. The van der Waals surface area contributed by atoms with Crippen LogP contribution >= 0.6 is 11.6 Å². The highest BCUT2D eigenvalue weighted by Crippen LogP contribution is 2.24. The standard InChI is InChI=1S/C20H17ClN2O5S/c1-29(26,27)18-11-13(8-9-16(18)21)19(24)23-17-7-3-2-6-15(17)20(25)22-12-14-5-4-10-28-14/h2-11H,12H2,1H3,(H,22,25)(H,23,24). The Bertz CT molecular complexity index is 1160. The van der Waals surface area contributed by atoms with E-state index < -0.39 is 21.7 Å². The minimum atomic E-state index is -3.60. The molecule has 0 aliphatic rings. The molecule has 0 aliphatic heterocycles. The van der Waals surface area contributed by atoms with Gasteiger partial charge in [-0.3, -0.25) is 9.59 Å². The van der Waals surface area contributed by atoms with Crippen LogP contribution < -0.4 is 10.6 Å². The molecule has 0 saturated heterocycles. The molecular formula is C20H17ClN2O5S. The maximum absolute atomic E-state index is 12.6. The number of hydrogen-bond donors (Lipinski definition) is 2. The molecule has 2 N–H and O–H groups in total. The number of anilines is 1. The van der Waals surface area contributed by atoms with E-state index in [1.807, 2.05) is 0 Å². The van der Waals surface area contributed by atoms with Gasteiger partial charge in [-0.2, -0.15) is 0 Å². The lowest BCUT2D eigenvalue weighted by Crippen LogP contribution is -2.24. The van der Waals surface area contributed by atoms with Crippen molar-refractivity contribution in [1.82, 2.24) is 5.32 Å². The zero-order valence-electron chi connectivity index (χ0n) is 15.3. The van der Waals surface area contributed by atoms with Crippen molar-refractivity contribution >= 4 is 38.9 Å². The van der Waals surface area contributed by atoms with Crippen LogP contribution in [0.5, 0.6) is 0 Å². The van der Waals surface area contributed by atoms with Crippen LogP contribution in [0.15, 0.2) is 70.2 Å². The van der Waals surface area contributed by atoms with E-state index in [-0.39, 0.29) is 33.3 Å². The van der Waals surface area contributed by atoms with Crippen LogP contribution in [0.1, 0.15) is 26.5 Å². The lowest BCUT2D eigenvalue weighted by molar-refractivity contribution is 0.0949. The first-order chi connectivity index (χ1) is 13.8. The number of nitrogens with one attached hydrogen (secondary N) is 2. The molecule has 0 atom stereocenters.